The van der Waals surface area contributed by atoms with E-state index in [-0.39, 0.29) is 10.6 Å². The summed E-state index contributed by atoms with van der Waals surface area (Å²) in [6.07, 6.45) is 1.93. The van der Waals surface area contributed by atoms with Gasteiger partial charge < -0.3 is 34.4 Å². The van der Waals surface area contributed by atoms with E-state index in [2.05, 4.69) is 56.0 Å². The van der Waals surface area contributed by atoms with Crippen molar-refractivity contribution < 1.29 is 19.3 Å². The number of nitro benzene ring substituents is 1. The second kappa shape index (κ2) is 20.3. The molecule has 5 aromatic carbocycles. The lowest BCUT2D eigenvalue weighted by atomic mass is 9.96. The number of piperazine rings is 1. The van der Waals surface area contributed by atoms with Crippen molar-refractivity contribution in [3.8, 4) is 28.1 Å². The zero-order valence-corrected chi connectivity index (χ0v) is 37.0. The van der Waals surface area contributed by atoms with Gasteiger partial charge in [0.15, 0.2) is 8.30 Å². The number of aromatic nitrogens is 1. The number of hydrogen-bond donors (Lipinski definition) is 3. The zero-order chi connectivity index (χ0) is 42.9. The van der Waals surface area contributed by atoms with Crippen LogP contribution in [0, 0.1) is 17.0 Å². The van der Waals surface area contributed by atoms with Crippen molar-refractivity contribution in [3.05, 3.63) is 148 Å². The number of aromatic carboxylic acids is 1. The van der Waals surface area contributed by atoms with Gasteiger partial charge in [0.25, 0.3) is 5.69 Å². The summed E-state index contributed by atoms with van der Waals surface area (Å²) in [5.74, 6) is 0.270. The third kappa shape index (κ3) is 10.6. The van der Waals surface area contributed by atoms with Crippen molar-refractivity contribution >= 4 is 66.1 Å². The number of nitro groups is 1. The molecule has 1 unspecified atom stereocenters. The molecular weight excluding hydrogens is 827 g/mol. The molecule has 0 radical (unpaired) electrons. The van der Waals surface area contributed by atoms with Crippen molar-refractivity contribution in [2.75, 3.05) is 65.3 Å². The van der Waals surface area contributed by atoms with E-state index in [1.807, 2.05) is 92.5 Å². The number of benzene rings is 5. The minimum Gasteiger partial charge on any atom is -0.478 e. The summed E-state index contributed by atoms with van der Waals surface area (Å²) < 4.78 is 8.28. The largest absolute Gasteiger partial charge is 0.478 e. The zero-order valence-electron chi connectivity index (χ0n) is 34.5. The third-order valence-electron chi connectivity index (χ3n) is 10.7. The summed E-state index contributed by atoms with van der Waals surface area (Å²) in [5.41, 5.74) is 8.03. The Morgan fingerprint density at radius 1 is 0.885 bits per heavy atom. The van der Waals surface area contributed by atoms with E-state index in [1.54, 1.807) is 23.9 Å². The number of thioether (sulfide) groups is 1. The fourth-order valence-corrected chi connectivity index (χ4v) is 9.62. The summed E-state index contributed by atoms with van der Waals surface area (Å²) in [7, 11) is -1.17. The van der Waals surface area contributed by atoms with Crippen molar-refractivity contribution in [2.45, 2.75) is 38.1 Å². The maximum Gasteiger partial charge on any atom is 0.338 e. The summed E-state index contributed by atoms with van der Waals surface area (Å²) in [6, 6.07) is 39.2. The van der Waals surface area contributed by atoms with Gasteiger partial charge in [0.05, 0.1) is 22.2 Å². The van der Waals surface area contributed by atoms with Crippen LogP contribution in [-0.2, 0) is 6.54 Å². The molecule has 61 heavy (non-hydrogen) atoms. The van der Waals surface area contributed by atoms with Gasteiger partial charge in [-0.3, -0.25) is 10.1 Å². The van der Waals surface area contributed by atoms with Crippen LogP contribution in [0.5, 0.6) is 5.75 Å². The molecule has 6 aromatic rings. The number of nitrogens with zero attached hydrogens (tertiary/aromatic N) is 4. The highest BCUT2D eigenvalue weighted by Crippen LogP contribution is 2.42. The van der Waals surface area contributed by atoms with Crippen LogP contribution in [0.15, 0.2) is 126 Å². The van der Waals surface area contributed by atoms with Gasteiger partial charge in [0.2, 0.25) is 0 Å². The quantitative estimate of drug-likeness (QED) is 0.0253. The number of nitrogens with one attached hydrogen (secondary N) is 2. The second-order valence-electron chi connectivity index (χ2n) is 14.8. The molecule has 0 saturated carbocycles. The van der Waals surface area contributed by atoms with E-state index >= 15 is 0 Å². The first kappa shape index (κ1) is 43.4. The van der Waals surface area contributed by atoms with Gasteiger partial charge in [0, 0.05) is 89.9 Å². The maximum atomic E-state index is 12.9. The highest BCUT2D eigenvalue weighted by molar-refractivity contribution is 7.99. The van der Waals surface area contributed by atoms with Crippen LogP contribution >= 0.6 is 31.7 Å². The lowest BCUT2D eigenvalue weighted by Crippen LogP contribution is -2.46. The number of anilines is 4. The van der Waals surface area contributed by atoms with Gasteiger partial charge in [-0.1, -0.05) is 67.4 Å². The monoisotopic (exact) mass is 876 g/mol. The molecule has 1 aliphatic rings. The number of carbonyl (C=O) groups is 1. The van der Waals surface area contributed by atoms with E-state index in [0.717, 1.165) is 101 Å². The van der Waals surface area contributed by atoms with E-state index < -0.39 is 14.3 Å². The van der Waals surface area contributed by atoms with Crippen LogP contribution in [0.1, 0.15) is 35.8 Å². The van der Waals surface area contributed by atoms with Crippen molar-refractivity contribution in [1.29, 1.82) is 0 Å². The number of rotatable bonds is 18. The Hall–Kier alpha value is -5.68. The van der Waals surface area contributed by atoms with Gasteiger partial charge in [0.1, 0.15) is 11.4 Å². The van der Waals surface area contributed by atoms with Crippen molar-refractivity contribution in [1.82, 2.24) is 4.57 Å². The van der Waals surface area contributed by atoms with Crippen molar-refractivity contribution in [3.63, 3.8) is 0 Å². The molecule has 0 amide bonds. The Morgan fingerprint density at radius 2 is 1.59 bits per heavy atom. The van der Waals surface area contributed by atoms with Crippen molar-refractivity contribution in [2.24, 2.45) is 0 Å². The average molecular weight is 877 g/mol. The smallest absolute Gasteiger partial charge is 0.338 e. The van der Waals surface area contributed by atoms with E-state index in [1.165, 1.54) is 6.07 Å². The minimum atomic E-state index is -1.17. The van der Waals surface area contributed by atoms with Gasteiger partial charge >= 0.3 is 5.97 Å². The number of hydrogen-bond acceptors (Lipinski definition) is 9. The number of unbranched alkanes of at least 4 members (excludes halogenated alkanes) is 1. The number of carboxylic acid groups (broad SMARTS) is 1. The normalized spacial score (nSPS) is 13.2. The first-order valence-corrected chi connectivity index (χ1v) is 23.5. The predicted molar refractivity (Wildman–Crippen MR) is 254 cm³/mol. The molecule has 1 fully saturated rings. The molecule has 2 heterocycles. The molecule has 0 aliphatic carbocycles. The molecule has 1 aromatic heterocycles. The average Bonchev–Trinajstić information content (AvgIpc) is 3.57. The first-order valence-electron chi connectivity index (χ1n) is 20.4. The Kier molecular flexibility index (Phi) is 14.4. The molecule has 7 rings (SSSR count). The lowest BCUT2D eigenvalue weighted by Gasteiger charge is -2.37. The van der Waals surface area contributed by atoms with E-state index in [4.69, 9.17) is 16.1 Å². The number of carboxylic acids is 1. The van der Waals surface area contributed by atoms with E-state index in [0.29, 0.717) is 28.6 Å². The molecule has 316 valence electrons. The maximum absolute atomic E-state index is 12.9. The lowest BCUT2D eigenvalue weighted by molar-refractivity contribution is -0.384. The molecule has 0 bridgehead atoms. The van der Waals surface area contributed by atoms with Crippen LogP contribution in [0.3, 0.4) is 0 Å². The standard InChI is InChI=1S/C47H50ClN6O5PS/c1-4-5-25-53-33(2)44(47(55)56)45(46(53)34-14-16-36(48)17-15-34)35-10-9-11-39(31-35)52-28-26-51(27-29-52)38-20-18-37(19-21-38)50-60(3)59-40-22-23-42(43(32-40)54(57)58)49-24-30-61-41-12-7-6-8-13-41/h6-23,31-32,49-50H,4-5,24-30H2,1-3H3,(H,55,56). The second-order valence-corrected chi connectivity index (χ2v) is 17.8. The molecule has 1 saturated heterocycles. The summed E-state index contributed by atoms with van der Waals surface area (Å²) in [4.78, 5) is 30.3. The summed E-state index contributed by atoms with van der Waals surface area (Å²) >= 11 is 7.97. The Balaban J connectivity index is 0.969. The first-order chi connectivity index (χ1) is 29.6. The van der Waals surface area contributed by atoms with Gasteiger partial charge in [-0.05, 0) is 97.3 Å². The molecule has 1 aliphatic heterocycles. The highest BCUT2D eigenvalue weighted by atomic mass is 35.5. The molecule has 0 spiro atoms. The van der Waals surface area contributed by atoms with Crippen LogP contribution in [0.2, 0.25) is 5.02 Å². The van der Waals surface area contributed by atoms with E-state index in [9.17, 15) is 20.0 Å². The van der Waals surface area contributed by atoms with Crippen LogP contribution < -0.4 is 24.7 Å². The highest BCUT2D eigenvalue weighted by Gasteiger charge is 2.28. The molecule has 14 heteroatoms. The topological polar surface area (TPSA) is 125 Å². The SMILES string of the molecule is CCCCn1c(C)c(C(=O)O)c(-c2cccc(N3CCN(c4ccc(NP(C)Oc5ccc(NCCSc6ccccc6)c([N+](=O)[O-])c5)cc4)CC3)c2)c1-c1ccc(Cl)cc1. The Bertz CT molecular complexity index is 2440. The third-order valence-corrected chi connectivity index (χ3v) is 13.1. The van der Waals surface area contributed by atoms with Gasteiger partial charge in [-0.25, -0.2) is 4.79 Å². The van der Waals surface area contributed by atoms with Gasteiger partial charge in [-0.15, -0.1) is 11.8 Å². The fourth-order valence-electron chi connectivity index (χ4n) is 7.71. The van der Waals surface area contributed by atoms with Crippen LogP contribution in [0.4, 0.5) is 28.4 Å². The minimum absolute atomic E-state index is 0.0222. The Labute approximate surface area is 367 Å². The summed E-state index contributed by atoms with van der Waals surface area (Å²) in [6.45, 7) is 10.5. The Morgan fingerprint density at radius 3 is 2.26 bits per heavy atom. The van der Waals surface area contributed by atoms with Crippen LogP contribution in [-0.4, -0.2) is 65.7 Å². The summed E-state index contributed by atoms with van der Waals surface area (Å²) in [5, 5.41) is 29.7. The predicted octanol–water partition coefficient (Wildman–Crippen LogP) is 12.2. The molecule has 3 N–H and O–H groups in total. The van der Waals surface area contributed by atoms with Gasteiger partial charge in [-0.2, -0.15) is 0 Å². The number of halogens is 1. The molecule has 1 atom stereocenters. The molecule has 11 nitrogen and oxygen atoms in total. The molecular formula is C47H50ClN6O5PS. The van der Waals surface area contributed by atoms with Crippen LogP contribution in [0.25, 0.3) is 22.4 Å². The fraction of sp³-hybridized carbons (Fsp3) is 0.255.